The van der Waals surface area contributed by atoms with E-state index in [9.17, 15) is 0 Å². The summed E-state index contributed by atoms with van der Waals surface area (Å²) in [5.74, 6) is 0.751. The van der Waals surface area contributed by atoms with Crippen molar-refractivity contribution in [2.45, 2.75) is 13.8 Å². The quantitative estimate of drug-likeness (QED) is 0.697. The molecule has 3 nitrogen and oxygen atoms in total. The SMILES string of the molecule is CCNc1ccc(N)c(OCC)c1. The smallest absolute Gasteiger partial charge is 0.144 e. The molecule has 0 spiro atoms. The third-order valence-corrected chi connectivity index (χ3v) is 1.69. The zero-order valence-corrected chi connectivity index (χ0v) is 8.13. The highest BCUT2D eigenvalue weighted by Crippen LogP contribution is 2.25. The first kappa shape index (κ1) is 9.71. The molecule has 13 heavy (non-hydrogen) atoms. The van der Waals surface area contributed by atoms with E-state index in [1.807, 2.05) is 25.1 Å². The second-order valence-corrected chi connectivity index (χ2v) is 2.72. The van der Waals surface area contributed by atoms with Crippen LogP contribution in [0.15, 0.2) is 18.2 Å². The van der Waals surface area contributed by atoms with Gasteiger partial charge in [0.15, 0.2) is 0 Å². The molecule has 0 amide bonds. The standard InChI is InChI=1S/C10H16N2O/c1-3-12-8-5-6-9(11)10(7-8)13-4-2/h5-7,12H,3-4,11H2,1-2H3. The van der Waals surface area contributed by atoms with Crippen LogP contribution in [0.4, 0.5) is 11.4 Å². The number of hydrogen-bond acceptors (Lipinski definition) is 3. The van der Waals surface area contributed by atoms with Crippen LogP contribution >= 0.6 is 0 Å². The van der Waals surface area contributed by atoms with Gasteiger partial charge < -0.3 is 15.8 Å². The summed E-state index contributed by atoms with van der Waals surface area (Å²) >= 11 is 0. The van der Waals surface area contributed by atoms with Crippen LogP contribution in [0.3, 0.4) is 0 Å². The zero-order valence-electron chi connectivity index (χ0n) is 8.13. The highest BCUT2D eigenvalue weighted by atomic mass is 16.5. The van der Waals surface area contributed by atoms with Crippen LogP contribution in [0.25, 0.3) is 0 Å². The lowest BCUT2D eigenvalue weighted by Gasteiger charge is -2.09. The Morgan fingerprint density at radius 1 is 1.38 bits per heavy atom. The van der Waals surface area contributed by atoms with Crippen LogP contribution < -0.4 is 15.8 Å². The molecule has 3 N–H and O–H groups in total. The Bertz CT molecular complexity index is 274. The van der Waals surface area contributed by atoms with Gasteiger partial charge in [0.25, 0.3) is 0 Å². The average Bonchev–Trinajstić information content (AvgIpc) is 2.12. The maximum atomic E-state index is 5.72. The summed E-state index contributed by atoms with van der Waals surface area (Å²) in [5.41, 5.74) is 7.44. The fraction of sp³-hybridized carbons (Fsp3) is 0.400. The van der Waals surface area contributed by atoms with Crippen molar-refractivity contribution in [1.29, 1.82) is 0 Å². The van der Waals surface area contributed by atoms with Gasteiger partial charge in [0.1, 0.15) is 5.75 Å². The fourth-order valence-corrected chi connectivity index (χ4v) is 1.13. The second kappa shape index (κ2) is 4.60. The first-order chi connectivity index (χ1) is 6.27. The number of hydrogen-bond donors (Lipinski definition) is 2. The molecule has 1 rings (SSSR count). The Kier molecular flexibility index (Phi) is 3.43. The lowest BCUT2D eigenvalue weighted by Crippen LogP contribution is -2.00. The molecule has 0 aliphatic rings. The highest BCUT2D eigenvalue weighted by molar-refractivity contribution is 5.61. The molecule has 0 aromatic heterocycles. The molecule has 0 bridgehead atoms. The van der Waals surface area contributed by atoms with E-state index in [4.69, 9.17) is 10.5 Å². The predicted octanol–water partition coefficient (Wildman–Crippen LogP) is 2.10. The molecule has 0 aliphatic heterocycles. The van der Waals surface area contributed by atoms with Crippen molar-refractivity contribution in [1.82, 2.24) is 0 Å². The monoisotopic (exact) mass is 180 g/mol. The number of nitrogen functional groups attached to an aromatic ring is 1. The average molecular weight is 180 g/mol. The van der Waals surface area contributed by atoms with E-state index in [2.05, 4.69) is 12.2 Å². The molecule has 0 saturated carbocycles. The van der Waals surface area contributed by atoms with Gasteiger partial charge in [0, 0.05) is 18.3 Å². The Labute approximate surface area is 78.9 Å². The summed E-state index contributed by atoms with van der Waals surface area (Å²) < 4.78 is 5.36. The van der Waals surface area contributed by atoms with E-state index < -0.39 is 0 Å². The van der Waals surface area contributed by atoms with Crippen LogP contribution in [0, 0.1) is 0 Å². The minimum absolute atomic E-state index is 0.639. The van der Waals surface area contributed by atoms with Crippen molar-refractivity contribution in [3.63, 3.8) is 0 Å². The van der Waals surface area contributed by atoms with Gasteiger partial charge >= 0.3 is 0 Å². The van der Waals surface area contributed by atoms with E-state index in [1.54, 1.807) is 0 Å². The van der Waals surface area contributed by atoms with Gasteiger partial charge in [-0.25, -0.2) is 0 Å². The molecule has 1 aromatic carbocycles. The Balaban J connectivity index is 2.83. The molecule has 0 radical (unpaired) electrons. The third-order valence-electron chi connectivity index (χ3n) is 1.69. The molecule has 1 aromatic rings. The maximum absolute atomic E-state index is 5.72. The largest absolute Gasteiger partial charge is 0.492 e. The van der Waals surface area contributed by atoms with Gasteiger partial charge in [0.2, 0.25) is 0 Å². The third kappa shape index (κ3) is 2.54. The Morgan fingerprint density at radius 3 is 2.77 bits per heavy atom. The Morgan fingerprint density at radius 2 is 2.15 bits per heavy atom. The van der Waals surface area contributed by atoms with Crippen molar-refractivity contribution >= 4 is 11.4 Å². The van der Waals surface area contributed by atoms with Crippen LogP contribution in [0.1, 0.15) is 13.8 Å². The first-order valence-corrected chi connectivity index (χ1v) is 4.54. The van der Waals surface area contributed by atoms with Crippen molar-refractivity contribution in [3.8, 4) is 5.75 Å². The minimum Gasteiger partial charge on any atom is -0.492 e. The summed E-state index contributed by atoms with van der Waals surface area (Å²) in [7, 11) is 0. The minimum atomic E-state index is 0.639. The molecule has 0 heterocycles. The number of anilines is 2. The Hall–Kier alpha value is -1.38. The second-order valence-electron chi connectivity index (χ2n) is 2.72. The summed E-state index contributed by atoms with van der Waals surface area (Å²) in [6.45, 7) is 5.53. The van der Waals surface area contributed by atoms with Gasteiger partial charge in [0.05, 0.1) is 12.3 Å². The molecule has 0 unspecified atom stereocenters. The first-order valence-electron chi connectivity index (χ1n) is 4.54. The lowest BCUT2D eigenvalue weighted by molar-refractivity contribution is 0.342. The molecular formula is C10H16N2O. The molecule has 0 atom stereocenters. The molecular weight excluding hydrogens is 164 g/mol. The molecule has 3 heteroatoms. The van der Waals surface area contributed by atoms with E-state index in [1.165, 1.54) is 0 Å². The van der Waals surface area contributed by atoms with Crippen LogP contribution in [0.2, 0.25) is 0 Å². The number of ether oxygens (including phenoxy) is 1. The molecule has 0 fully saturated rings. The van der Waals surface area contributed by atoms with Gasteiger partial charge in [-0.1, -0.05) is 0 Å². The predicted molar refractivity (Wildman–Crippen MR) is 56.2 cm³/mol. The highest BCUT2D eigenvalue weighted by Gasteiger charge is 2.00. The van der Waals surface area contributed by atoms with Crippen LogP contribution in [-0.2, 0) is 0 Å². The summed E-state index contributed by atoms with van der Waals surface area (Å²) in [6.07, 6.45) is 0. The van der Waals surface area contributed by atoms with Gasteiger partial charge in [-0.2, -0.15) is 0 Å². The summed E-state index contributed by atoms with van der Waals surface area (Å²) in [4.78, 5) is 0. The summed E-state index contributed by atoms with van der Waals surface area (Å²) in [5, 5.41) is 3.20. The van der Waals surface area contributed by atoms with Gasteiger partial charge in [-0.15, -0.1) is 0 Å². The van der Waals surface area contributed by atoms with E-state index in [-0.39, 0.29) is 0 Å². The maximum Gasteiger partial charge on any atom is 0.144 e. The van der Waals surface area contributed by atoms with Crippen molar-refractivity contribution in [2.24, 2.45) is 0 Å². The van der Waals surface area contributed by atoms with Crippen molar-refractivity contribution in [2.75, 3.05) is 24.2 Å². The van der Waals surface area contributed by atoms with Crippen LogP contribution in [0.5, 0.6) is 5.75 Å². The fourth-order valence-electron chi connectivity index (χ4n) is 1.13. The lowest BCUT2D eigenvalue weighted by atomic mass is 10.2. The number of nitrogens with one attached hydrogen (secondary N) is 1. The topological polar surface area (TPSA) is 47.3 Å². The van der Waals surface area contributed by atoms with Gasteiger partial charge in [-0.05, 0) is 26.0 Å². The molecule has 0 saturated heterocycles. The van der Waals surface area contributed by atoms with Crippen molar-refractivity contribution < 1.29 is 4.74 Å². The van der Waals surface area contributed by atoms with E-state index in [0.717, 1.165) is 18.0 Å². The normalized spacial score (nSPS) is 9.69. The zero-order chi connectivity index (χ0) is 9.68. The number of benzene rings is 1. The molecule has 72 valence electrons. The van der Waals surface area contributed by atoms with Crippen molar-refractivity contribution in [3.05, 3.63) is 18.2 Å². The number of rotatable bonds is 4. The van der Waals surface area contributed by atoms with Crippen LogP contribution in [-0.4, -0.2) is 13.2 Å². The number of nitrogens with two attached hydrogens (primary N) is 1. The van der Waals surface area contributed by atoms with E-state index >= 15 is 0 Å². The summed E-state index contributed by atoms with van der Waals surface area (Å²) in [6, 6.07) is 5.71. The van der Waals surface area contributed by atoms with Gasteiger partial charge in [-0.3, -0.25) is 0 Å². The molecule has 0 aliphatic carbocycles. The van der Waals surface area contributed by atoms with E-state index in [0.29, 0.717) is 12.3 Å².